The van der Waals surface area contributed by atoms with Crippen molar-refractivity contribution in [1.82, 2.24) is 24.1 Å². The first-order valence-corrected chi connectivity index (χ1v) is 19.5. The summed E-state index contributed by atoms with van der Waals surface area (Å²) in [4.78, 5) is 14.7. The van der Waals surface area contributed by atoms with Crippen LogP contribution in [-0.4, -0.2) is 24.1 Å². The molecule has 59 heavy (non-hydrogen) atoms. The molecular formula is C52H30N6O. The Hall–Kier alpha value is -8.34. The van der Waals surface area contributed by atoms with Crippen molar-refractivity contribution in [3.63, 3.8) is 0 Å². The minimum absolute atomic E-state index is 0.495. The fourth-order valence-electron chi connectivity index (χ4n) is 8.71. The summed E-state index contributed by atoms with van der Waals surface area (Å²) in [6.45, 7) is 0. The summed E-state index contributed by atoms with van der Waals surface area (Å²) in [5.74, 6) is 1.63. The molecule has 8 aromatic carbocycles. The molecule has 0 atom stereocenters. The standard InChI is InChI=1S/C52H30N6O/c53-31-35-26-34(52-55-50(32-14-4-1-5-15-32)54-51(56-52)33-16-6-2-7-17-33)24-25-43(35)58-45-23-13-11-21-38(45)40-29-48-42(28-46(40)58)41-27-39-37-20-10-12-22-44(37)57(36-18-8-3-9-19-36)47(39)30-49(41)59-48/h1-30H. The van der Waals surface area contributed by atoms with Crippen molar-refractivity contribution < 1.29 is 4.42 Å². The van der Waals surface area contributed by atoms with Gasteiger partial charge in [0.1, 0.15) is 17.2 Å². The normalized spacial score (nSPS) is 11.7. The third-order valence-electron chi connectivity index (χ3n) is 11.4. The molecule has 0 saturated carbocycles. The summed E-state index contributed by atoms with van der Waals surface area (Å²) in [6, 6.07) is 64.4. The Morgan fingerprint density at radius 1 is 0.390 bits per heavy atom. The molecule has 0 aliphatic heterocycles. The first kappa shape index (κ1) is 32.9. The first-order chi connectivity index (χ1) is 29.2. The van der Waals surface area contributed by atoms with Crippen molar-refractivity contribution in [2.75, 3.05) is 0 Å². The van der Waals surface area contributed by atoms with Crippen LogP contribution in [0.1, 0.15) is 5.56 Å². The number of nitriles is 1. The second kappa shape index (κ2) is 12.8. The molecule has 7 nitrogen and oxygen atoms in total. The summed E-state index contributed by atoms with van der Waals surface area (Å²) in [5, 5.41) is 17.3. The fraction of sp³-hybridized carbons (Fsp3) is 0. The van der Waals surface area contributed by atoms with Crippen LogP contribution in [0.25, 0.3) is 111 Å². The number of hydrogen-bond donors (Lipinski definition) is 0. The van der Waals surface area contributed by atoms with Gasteiger partial charge < -0.3 is 13.6 Å². The fourth-order valence-corrected chi connectivity index (χ4v) is 8.71. The molecule has 0 aliphatic rings. The number of benzene rings is 8. The monoisotopic (exact) mass is 754 g/mol. The molecule has 0 saturated heterocycles. The zero-order valence-electron chi connectivity index (χ0n) is 31.4. The quantitative estimate of drug-likeness (QED) is 0.175. The Balaban J connectivity index is 1.06. The highest BCUT2D eigenvalue weighted by molar-refractivity contribution is 6.21. The van der Waals surface area contributed by atoms with Crippen LogP contribution in [0.5, 0.6) is 0 Å². The molecule has 0 N–H and O–H groups in total. The molecule has 4 heterocycles. The van der Waals surface area contributed by atoms with E-state index < -0.39 is 0 Å². The van der Waals surface area contributed by atoms with Gasteiger partial charge >= 0.3 is 0 Å². The van der Waals surface area contributed by atoms with Gasteiger partial charge in [-0.3, -0.25) is 0 Å². The van der Waals surface area contributed by atoms with Gasteiger partial charge in [0.2, 0.25) is 0 Å². The molecule has 0 amide bonds. The smallest absolute Gasteiger partial charge is 0.164 e. The van der Waals surface area contributed by atoms with Gasteiger partial charge in [0.15, 0.2) is 17.5 Å². The first-order valence-electron chi connectivity index (χ1n) is 19.5. The molecule has 7 heteroatoms. The lowest BCUT2D eigenvalue weighted by molar-refractivity contribution is 0.670. The van der Waals surface area contributed by atoms with Gasteiger partial charge in [0.05, 0.1) is 33.3 Å². The average Bonchev–Trinajstić information content (AvgIpc) is 3.94. The maximum absolute atomic E-state index is 10.8. The topological polar surface area (TPSA) is 85.5 Å². The predicted molar refractivity (Wildman–Crippen MR) is 237 cm³/mol. The predicted octanol–water partition coefficient (Wildman–Crippen LogP) is 12.8. The molecule has 0 unspecified atom stereocenters. The van der Waals surface area contributed by atoms with Gasteiger partial charge in [0.25, 0.3) is 0 Å². The third kappa shape index (κ3) is 5.10. The second-order valence-electron chi connectivity index (χ2n) is 14.8. The van der Waals surface area contributed by atoms with Crippen LogP contribution >= 0.6 is 0 Å². The average molecular weight is 755 g/mol. The van der Waals surface area contributed by atoms with Gasteiger partial charge in [-0.2, -0.15) is 5.26 Å². The van der Waals surface area contributed by atoms with E-state index in [1.165, 1.54) is 5.39 Å². The van der Waals surface area contributed by atoms with E-state index in [0.29, 0.717) is 23.0 Å². The van der Waals surface area contributed by atoms with Crippen molar-refractivity contribution in [2.24, 2.45) is 0 Å². The highest BCUT2D eigenvalue weighted by Crippen LogP contribution is 2.42. The molecule has 0 aliphatic carbocycles. The molecule has 0 spiro atoms. The van der Waals surface area contributed by atoms with Crippen molar-refractivity contribution in [1.29, 1.82) is 5.26 Å². The minimum atomic E-state index is 0.495. The molecule has 12 rings (SSSR count). The molecular weight excluding hydrogens is 725 g/mol. The van der Waals surface area contributed by atoms with Gasteiger partial charge in [-0.25, -0.2) is 15.0 Å². The SMILES string of the molecule is N#Cc1cc(-c2nc(-c3ccccc3)nc(-c3ccccc3)n2)ccc1-n1c2ccccc2c2cc3oc4cc5c(cc4c3cc21)c1ccccc1n5-c1ccccc1. The summed E-state index contributed by atoms with van der Waals surface area (Å²) in [5.41, 5.74) is 10.7. The van der Waals surface area contributed by atoms with E-state index in [-0.39, 0.29) is 0 Å². The molecule has 0 radical (unpaired) electrons. The van der Waals surface area contributed by atoms with E-state index in [1.54, 1.807) is 0 Å². The van der Waals surface area contributed by atoms with Crippen LogP contribution in [0.4, 0.5) is 0 Å². The largest absolute Gasteiger partial charge is 0.456 e. The summed E-state index contributed by atoms with van der Waals surface area (Å²) >= 11 is 0. The van der Waals surface area contributed by atoms with E-state index in [4.69, 9.17) is 19.4 Å². The lowest BCUT2D eigenvalue weighted by Crippen LogP contribution is -2.02. The zero-order chi connectivity index (χ0) is 39.0. The van der Waals surface area contributed by atoms with Crippen LogP contribution in [0.3, 0.4) is 0 Å². The zero-order valence-corrected chi connectivity index (χ0v) is 31.4. The number of hydrogen-bond acceptors (Lipinski definition) is 5. The van der Waals surface area contributed by atoms with Crippen LogP contribution in [0.15, 0.2) is 186 Å². The highest BCUT2D eigenvalue weighted by atomic mass is 16.3. The third-order valence-corrected chi connectivity index (χ3v) is 11.4. The van der Waals surface area contributed by atoms with Crippen LogP contribution in [0, 0.1) is 11.3 Å². The van der Waals surface area contributed by atoms with E-state index in [1.807, 2.05) is 91.0 Å². The summed E-state index contributed by atoms with van der Waals surface area (Å²) in [7, 11) is 0. The van der Waals surface area contributed by atoms with E-state index in [2.05, 4.69) is 106 Å². The number of furan rings is 1. The number of fused-ring (bicyclic) bond motifs is 9. The molecule has 0 fully saturated rings. The van der Waals surface area contributed by atoms with E-state index in [0.717, 1.165) is 88.2 Å². The van der Waals surface area contributed by atoms with E-state index >= 15 is 0 Å². The molecule has 12 aromatic rings. The molecule has 274 valence electrons. The van der Waals surface area contributed by atoms with Crippen molar-refractivity contribution in [3.8, 4) is 51.6 Å². The lowest BCUT2D eigenvalue weighted by atomic mass is 10.1. The second-order valence-corrected chi connectivity index (χ2v) is 14.8. The van der Waals surface area contributed by atoms with E-state index in [9.17, 15) is 5.26 Å². The maximum Gasteiger partial charge on any atom is 0.164 e. The van der Waals surface area contributed by atoms with Crippen molar-refractivity contribution in [3.05, 3.63) is 188 Å². The Morgan fingerprint density at radius 2 is 0.898 bits per heavy atom. The lowest BCUT2D eigenvalue weighted by Gasteiger charge is -2.12. The van der Waals surface area contributed by atoms with Crippen molar-refractivity contribution >= 4 is 65.6 Å². The van der Waals surface area contributed by atoms with Gasteiger partial charge in [-0.15, -0.1) is 0 Å². The van der Waals surface area contributed by atoms with Gasteiger partial charge in [-0.05, 0) is 60.7 Å². The minimum Gasteiger partial charge on any atom is -0.456 e. The summed E-state index contributed by atoms with van der Waals surface area (Å²) in [6.07, 6.45) is 0. The van der Waals surface area contributed by atoms with Gasteiger partial charge in [0, 0.05) is 60.8 Å². The Morgan fingerprint density at radius 3 is 1.54 bits per heavy atom. The Bertz CT molecular complexity index is 3610. The Labute approximate surface area is 337 Å². The molecule has 4 aromatic heterocycles. The van der Waals surface area contributed by atoms with Crippen LogP contribution in [0.2, 0.25) is 0 Å². The number of rotatable bonds is 5. The van der Waals surface area contributed by atoms with Crippen LogP contribution < -0.4 is 0 Å². The van der Waals surface area contributed by atoms with Crippen molar-refractivity contribution in [2.45, 2.75) is 0 Å². The molecule has 0 bridgehead atoms. The highest BCUT2D eigenvalue weighted by Gasteiger charge is 2.21. The number of para-hydroxylation sites is 3. The number of nitrogens with zero attached hydrogens (tertiary/aromatic N) is 6. The van der Waals surface area contributed by atoms with Crippen LogP contribution in [-0.2, 0) is 0 Å². The van der Waals surface area contributed by atoms with Gasteiger partial charge in [-0.1, -0.05) is 115 Å². The maximum atomic E-state index is 10.8. The Kier molecular flexibility index (Phi) is 7.16. The number of aromatic nitrogens is 5. The summed E-state index contributed by atoms with van der Waals surface area (Å²) < 4.78 is 11.2.